The highest BCUT2D eigenvalue weighted by Crippen LogP contribution is 2.38. The molecule has 0 aromatic carbocycles. The quantitative estimate of drug-likeness (QED) is 0.830. The number of hydrogen-bond acceptors (Lipinski definition) is 6. The number of nitrogens with zero attached hydrogens (tertiary/aromatic N) is 2. The van der Waals surface area contributed by atoms with Gasteiger partial charge in [0.2, 0.25) is 0 Å². The van der Waals surface area contributed by atoms with Gasteiger partial charge in [0.1, 0.15) is 11.9 Å². The molecule has 0 spiro atoms. The lowest BCUT2D eigenvalue weighted by atomic mass is 9.77. The van der Waals surface area contributed by atoms with Crippen LogP contribution in [-0.4, -0.2) is 46.5 Å². The molecule has 0 unspecified atom stereocenters. The maximum absolute atomic E-state index is 12.0. The van der Waals surface area contributed by atoms with Crippen LogP contribution in [0.5, 0.6) is 0 Å². The Morgan fingerprint density at radius 2 is 1.73 bits per heavy atom. The zero-order chi connectivity index (χ0) is 19.6. The van der Waals surface area contributed by atoms with E-state index < -0.39 is 30.0 Å². The zero-order valence-corrected chi connectivity index (χ0v) is 16.6. The molecule has 0 saturated carbocycles. The van der Waals surface area contributed by atoms with Gasteiger partial charge in [-0.2, -0.15) is 0 Å². The number of carbonyl (C=O) groups is 1. The third kappa shape index (κ3) is 5.28. The Balaban J connectivity index is 2.19. The van der Waals surface area contributed by atoms with E-state index >= 15 is 0 Å². The number of carbonyl (C=O) groups excluding carboxylic acids is 1. The van der Waals surface area contributed by atoms with E-state index in [1.165, 1.54) is 6.33 Å². The highest BCUT2D eigenvalue weighted by atomic mass is 16.7. The molecule has 1 aromatic rings. The Morgan fingerprint density at radius 1 is 1.19 bits per heavy atom. The summed E-state index contributed by atoms with van der Waals surface area (Å²) < 4.78 is 17.5. The van der Waals surface area contributed by atoms with Gasteiger partial charge in [0, 0.05) is 24.5 Å². The Bertz CT molecular complexity index is 653. The van der Waals surface area contributed by atoms with Crippen molar-refractivity contribution in [2.45, 2.75) is 65.3 Å². The maximum Gasteiger partial charge on any atom is 0.492 e. The maximum atomic E-state index is 12.0. The van der Waals surface area contributed by atoms with Crippen molar-refractivity contribution in [3.05, 3.63) is 29.8 Å². The van der Waals surface area contributed by atoms with Gasteiger partial charge < -0.3 is 19.4 Å². The van der Waals surface area contributed by atoms with E-state index in [1.54, 1.807) is 12.4 Å². The van der Waals surface area contributed by atoms with E-state index in [-0.39, 0.29) is 6.54 Å². The molecule has 1 fully saturated rings. The van der Waals surface area contributed by atoms with E-state index in [4.69, 9.17) is 14.0 Å². The van der Waals surface area contributed by atoms with Crippen LogP contribution in [0.15, 0.2) is 24.2 Å². The molecule has 1 aliphatic heterocycles. The summed E-state index contributed by atoms with van der Waals surface area (Å²) in [5.74, 6) is 0. The molecule has 2 heterocycles. The highest BCUT2D eigenvalue weighted by molar-refractivity contribution is 6.56. The van der Waals surface area contributed by atoms with E-state index in [9.17, 15) is 4.79 Å². The van der Waals surface area contributed by atoms with Crippen LogP contribution in [0.1, 0.15) is 54.0 Å². The van der Waals surface area contributed by atoms with Gasteiger partial charge in [0.25, 0.3) is 0 Å². The first-order chi connectivity index (χ1) is 11.9. The van der Waals surface area contributed by atoms with E-state index in [0.29, 0.717) is 0 Å². The summed E-state index contributed by atoms with van der Waals surface area (Å²) in [5, 5.41) is 2.76. The molecular weight excluding hydrogens is 333 g/mol. The van der Waals surface area contributed by atoms with Crippen LogP contribution in [0.2, 0.25) is 0 Å². The minimum atomic E-state index is -0.588. The molecule has 1 aromatic heterocycles. The summed E-state index contributed by atoms with van der Waals surface area (Å²) >= 11 is 0. The third-order valence-electron chi connectivity index (χ3n) is 4.32. The van der Waals surface area contributed by atoms with Crippen LogP contribution >= 0.6 is 0 Å². The van der Waals surface area contributed by atoms with Crippen LogP contribution in [0.4, 0.5) is 4.79 Å². The summed E-state index contributed by atoms with van der Waals surface area (Å²) in [6.07, 6.45) is 6.20. The molecule has 7 nitrogen and oxygen atoms in total. The monoisotopic (exact) mass is 361 g/mol. The lowest BCUT2D eigenvalue weighted by molar-refractivity contribution is 0.00578. The summed E-state index contributed by atoms with van der Waals surface area (Å²) in [4.78, 5) is 20.1. The van der Waals surface area contributed by atoms with Crippen LogP contribution in [-0.2, 0) is 14.0 Å². The summed E-state index contributed by atoms with van der Waals surface area (Å²) in [6.45, 7) is 13.6. The van der Waals surface area contributed by atoms with Gasteiger partial charge >= 0.3 is 13.2 Å². The Hall–Kier alpha value is -1.93. The van der Waals surface area contributed by atoms with Crippen LogP contribution in [0.25, 0.3) is 6.08 Å². The Morgan fingerprint density at radius 3 is 2.23 bits per heavy atom. The number of amides is 1. The second-order valence-corrected chi connectivity index (χ2v) is 8.33. The molecule has 142 valence electrons. The average Bonchev–Trinajstić information content (AvgIpc) is 2.71. The van der Waals surface area contributed by atoms with Crippen molar-refractivity contribution in [3.8, 4) is 0 Å². The highest BCUT2D eigenvalue weighted by Gasteiger charge is 2.52. The fourth-order valence-electron chi connectivity index (χ4n) is 2.28. The van der Waals surface area contributed by atoms with Crippen LogP contribution in [0, 0.1) is 0 Å². The predicted molar refractivity (Wildman–Crippen MR) is 100 cm³/mol. The van der Waals surface area contributed by atoms with Gasteiger partial charge in [0.15, 0.2) is 0 Å². The minimum absolute atomic E-state index is 0.223. The molecular formula is C18H28BN3O4. The van der Waals surface area contributed by atoms with Crippen LogP contribution in [0.3, 0.4) is 0 Å². The van der Waals surface area contributed by atoms with Gasteiger partial charge in [-0.25, -0.2) is 14.8 Å². The number of hydrogen-bond donors (Lipinski definition) is 1. The van der Waals surface area contributed by atoms with E-state index in [0.717, 1.165) is 11.0 Å². The van der Waals surface area contributed by atoms with Crippen molar-refractivity contribution < 1.29 is 18.8 Å². The number of aromatic nitrogens is 2. The molecule has 0 bridgehead atoms. The van der Waals surface area contributed by atoms with Crippen molar-refractivity contribution in [2.24, 2.45) is 0 Å². The first kappa shape index (κ1) is 20.4. The number of ether oxygens (including phenoxy) is 1. The summed E-state index contributed by atoms with van der Waals surface area (Å²) in [6, 6.07) is 0. The van der Waals surface area contributed by atoms with Gasteiger partial charge in [-0.05, 0) is 53.9 Å². The lowest BCUT2D eigenvalue weighted by Gasteiger charge is -2.32. The molecule has 2 rings (SSSR count). The van der Waals surface area contributed by atoms with Gasteiger partial charge in [0.05, 0.1) is 11.2 Å². The first-order valence-corrected chi connectivity index (χ1v) is 8.68. The third-order valence-corrected chi connectivity index (χ3v) is 4.32. The standard InChI is InChI=1S/C18H28BN3O4/c1-16(2,3)24-15(23)22-11-14(8-13-9-20-12-21-10-13)19-25-17(4,5)18(6,7)26-19/h8-10,12H,11H2,1-7H3,(H,22,23). The normalized spacial score (nSPS) is 19.3. The number of nitrogens with one attached hydrogen (secondary N) is 1. The molecule has 0 atom stereocenters. The summed E-state index contributed by atoms with van der Waals surface area (Å²) in [7, 11) is -0.588. The van der Waals surface area contributed by atoms with Crippen molar-refractivity contribution in [3.63, 3.8) is 0 Å². The van der Waals surface area contributed by atoms with E-state index in [2.05, 4.69) is 15.3 Å². The van der Waals surface area contributed by atoms with Gasteiger partial charge in [-0.15, -0.1) is 0 Å². The molecule has 1 amide bonds. The number of alkyl carbamates (subject to hydrolysis) is 1. The average molecular weight is 361 g/mol. The summed E-state index contributed by atoms with van der Waals surface area (Å²) in [5.41, 5.74) is 0.0321. The fraction of sp³-hybridized carbons (Fsp3) is 0.611. The van der Waals surface area contributed by atoms with Crippen molar-refractivity contribution in [1.29, 1.82) is 0 Å². The molecule has 0 radical (unpaired) electrons. The zero-order valence-electron chi connectivity index (χ0n) is 16.6. The SMILES string of the molecule is CC(C)(C)OC(=O)NCC(=Cc1cncnc1)B1OC(C)(C)C(C)(C)O1. The van der Waals surface area contributed by atoms with Crippen molar-refractivity contribution >= 4 is 19.3 Å². The van der Waals surface area contributed by atoms with Crippen molar-refractivity contribution in [1.82, 2.24) is 15.3 Å². The number of rotatable bonds is 4. The van der Waals surface area contributed by atoms with E-state index in [1.807, 2.05) is 54.5 Å². The second-order valence-electron chi connectivity index (χ2n) is 8.33. The molecule has 26 heavy (non-hydrogen) atoms. The fourth-order valence-corrected chi connectivity index (χ4v) is 2.28. The topological polar surface area (TPSA) is 82.6 Å². The Kier molecular flexibility index (Phi) is 5.77. The first-order valence-electron chi connectivity index (χ1n) is 8.68. The molecule has 1 N–H and O–H groups in total. The smallest absolute Gasteiger partial charge is 0.444 e. The lowest BCUT2D eigenvalue weighted by Crippen LogP contribution is -2.41. The predicted octanol–water partition coefficient (Wildman–Crippen LogP) is 3.02. The molecule has 8 heteroatoms. The van der Waals surface area contributed by atoms with Gasteiger partial charge in [-0.1, -0.05) is 6.08 Å². The van der Waals surface area contributed by atoms with Crippen LogP contribution < -0.4 is 5.32 Å². The second kappa shape index (κ2) is 7.36. The molecule has 0 aliphatic carbocycles. The Labute approximate surface area is 155 Å². The largest absolute Gasteiger partial charge is 0.492 e. The van der Waals surface area contributed by atoms with Gasteiger partial charge in [-0.3, -0.25) is 0 Å². The molecule has 1 aliphatic rings. The minimum Gasteiger partial charge on any atom is -0.444 e. The molecule has 1 saturated heterocycles. The van der Waals surface area contributed by atoms with Crippen molar-refractivity contribution in [2.75, 3.05) is 6.54 Å².